The van der Waals surface area contributed by atoms with E-state index in [9.17, 15) is 8.42 Å². The summed E-state index contributed by atoms with van der Waals surface area (Å²) in [5.41, 5.74) is 4.97. The lowest BCUT2D eigenvalue weighted by atomic mass is 9.96. The van der Waals surface area contributed by atoms with Gasteiger partial charge in [0.1, 0.15) is 0 Å². The van der Waals surface area contributed by atoms with Crippen LogP contribution in [0, 0.1) is 0 Å². The van der Waals surface area contributed by atoms with Crippen molar-refractivity contribution in [1.29, 1.82) is 0 Å². The molecule has 146 valence electrons. The van der Waals surface area contributed by atoms with Crippen LogP contribution in [0.3, 0.4) is 0 Å². The summed E-state index contributed by atoms with van der Waals surface area (Å²) < 4.78 is 29.3. The summed E-state index contributed by atoms with van der Waals surface area (Å²) in [7, 11) is -1.13. The molecule has 3 aromatic rings. The van der Waals surface area contributed by atoms with Crippen LogP contribution < -0.4 is 4.90 Å². The van der Waals surface area contributed by atoms with Gasteiger partial charge in [-0.3, -0.25) is 0 Å². The van der Waals surface area contributed by atoms with Crippen molar-refractivity contribution in [3.63, 3.8) is 0 Å². The van der Waals surface area contributed by atoms with E-state index in [4.69, 9.17) is 4.42 Å². The van der Waals surface area contributed by atoms with E-state index in [2.05, 4.69) is 41.1 Å². The molecule has 0 N–H and O–H groups in total. The molecule has 1 saturated heterocycles. The van der Waals surface area contributed by atoms with Gasteiger partial charge in [-0.1, -0.05) is 18.2 Å². The molecule has 28 heavy (non-hydrogen) atoms. The Labute approximate surface area is 166 Å². The smallest absolute Gasteiger partial charge is 0.175 e. The van der Waals surface area contributed by atoms with Gasteiger partial charge in [0.05, 0.1) is 17.4 Å². The van der Waals surface area contributed by atoms with Gasteiger partial charge in [0.15, 0.2) is 9.84 Å². The fourth-order valence-electron chi connectivity index (χ4n) is 3.58. The maximum Gasteiger partial charge on any atom is 0.175 e. The lowest BCUT2D eigenvalue weighted by Crippen LogP contribution is -2.44. The largest absolute Gasteiger partial charge is 0.472 e. The highest BCUT2D eigenvalue weighted by atomic mass is 32.2. The van der Waals surface area contributed by atoms with Crippen LogP contribution >= 0.6 is 0 Å². The first kappa shape index (κ1) is 18.8. The van der Waals surface area contributed by atoms with Crippen molar-refractivity contribution >= 4 is 15.5 Å². The molecule has 0 radical (unpaired) electrons. The van der Waals surface area contributed by atoms with E-state index < -0.39 is 9.84 Å². The van der Waals surface area contributed by atoms with Crippen LogP contribution in [0.25, 0.3) is 22.3 Å². The Kier molecular flexibility index (Phi) is 5.00. The second-order valence-electron chi connectivity index (χ2n) is 7.33. The first-order chi connectivity index (χ1) is 13.4. The third-order valence-corrected chi connectivity index (χ3v) is 6.41. The molecule has 0 saturated carbocycles. The minimum atomic E-state index is -3.28. The molecular weight excluding hydrogens is 372 g/mol. The molecule has 6 heteroatoms. The highest BCUT2D eigenvalue weighted by molar-refractivity contribution is 7.90. The number of hydrogen-bond acceptors (Lipinski definition) is 5. The lowest BCUT2D eigenvalue weighted by Gasteiger charge is -2.34. The van der Waals surface area contributed by atoms with Gasteiger partial charge in [0.2, 0.25) is 0 Å². The van der Waals surface area contributed by atoms with Gasteiger partial charge in [0.25, 0.3) is 0 Å². The van der Waals surface area contributed by atoms with Gasteiger partial charge in [-0.2, -0.15) is 0 Å². The molecule has 0 atom stereocenters. The highest BCUT2D eigenvalue weighted by Gasteiger charge is 2.16. The van der Waals surface area contributed by atoms with Gasteiger partial charge in [-0.25, -0.2) is 8.42 Å². The standard InChI is InChI=1S/C22H24N2O3S/c1-23-10-12-24(13-11-23)19-5-3-17(4-6-19)21-8-7-20(28(2,25)26)15-22(21)18-9-14-27-16-18/h3-9,14-16H,10-13H2,1-2H3. The Morgan fingerprint density at radius 2 is 1.57 bits per heavy atom. The molecule has 0 spiro atoms. The third kappa shape index (κ3) is 3.84. The molecule has 5 nitrogen and oxygen atoms in total. The number of anilines is 1. The summed E-state index contributed by atoms with van der Waals surface area (Å²) >= 11 is 0. The van der Waals surface area contributed by atoms with Gasteiger partial charge in [-0.05, 0) is 54.1 Å². The van der Waals surface area contributed by atoms with Gasteiger partial charge in [0, 0.05) is 43.7 Å². The predicted molar refractivity (Wildman–Crippen MR) is 112 cm³/mol. The Bertz CT molecular complexity index is 1050. The summed E-state index contributed by atoms with van der Waals surface area (Å²) in [6.45, 7) is 4.19. The SMILES string of the molecule is CN1CCN(c2ccc(-c3ccc(S(C)(=O)=O)cc3-c3ccoc3)cc2)CC1. The van der Waals surface area contributed by atoms with E-state index in [1.54, 1.807) is 24.7 Å². The molecule has 2 aromatic carbocycles. The van der Waals surface area contributed by atoms with E-state index in [0.29, 0.717) is 4.90 Å². The van der Waals surface area contributed by atoms with Gasteiger partial charge < -0.3 is 14.2 Å². The number of piperazine rings is 1. The Morgan fingerprint density at radius 3 is 2.18 bits per heavy atom. The van der Waals surface area contributed by atoms with Crippen LogP contribution in [0.1, 0.15) is 0 Å². The molecule has 1 fully saturated rings. The number of rotatable bonds is 4. The number of benzene rings is 2. The number of nitrogens with zero attached hydrogens (tertiary/aromatic N) is 2. The molecule has 0 amide bonds. The highest BCUT2D eigenvalue weighted by Crippen LogP contribution is 2.35. The predicted octanol–water partition coefficient (Wildman–Crippen LogP) is 3.77. The van der Waals surface area contributed by atoms with E-state index in [1.807, 2.05) is 12.1 Å². The van der Waals surface area contributed by atoms with Gasteiger partial charge >= 0.3 is 0 Å². The number of hydrogen-bond donors (Lipinski definition) is 0. The molecule has 0 bridgehead atoms. The third-order valence-electron chi connectivity index (χ3n) is 5.30. The molecular formula is C22H24N2O3S. The van der Waals surface area contributed by atoms with Crippen molar-refractivity contribution in [2.45, 2.75) is 4.90 Å². The fourth-order valence-corrected chi connectivity index (χ4v) is 4.23. The topological polar surface area (TPSA) is 53.8 Å². The summed E-state index contributed by atoms with van der Waals surface area (Å²) in [4.78, 5) is 5.04. The van der Waals surface area contributed by atoms with Crippen molar-refractivity contribution in [3.05, 3.63) is 61.1 Å². The fraction of sp³-hybridized carbons (Fsp3) is 0.273. The second kappa shape index (κ2) is 7.45. The molecule has 1 aliphatic rings. The van der Waals surface area contributed by atoms with Crippen LogP contribution in [0.2, 0.25) is 0 Å². The summed E-state index contributed by atoms with van der Waals surface area (Å²) in [6, 6.07) is 15.6. The number of likely N-dealkylation sites (N-methyl/N-ethyl adjacent to an activating group) is 1. The van der Waals surface area contributed by atoms with Crippen LogP contribution in [-0.2, 0) is 9.84 Å². The normalized spacial score (nSPS) is 15.7. The van der Waals surface area contributed by atoms with Gasteiger partial charge in [-0.15, -0.1) is 0 Å². The molecule has 4 rings (SSSR count). The first-order valence-corrected chi connectivity index (χ1v) is 11.2. The molecule has 1 aromatic heterocycles. The quantitative estimate of drug-likeness (QED) is 0.672. The molecule has 2 heterocycles. The lowest BCUT2D eigenvalue weighted by molar-refractivity contribution is 0.313. The summed E-state index contributed by atoms with van der Waals surface area (Å²) in [5.74, 6) is 0. The zero-order valence-corrected chi connectivity index (χ0v) is 16.9. The molecule has 0 aliphatic carbocycles. The summed E-state index contributed by atoms with van der Waals surface area (Å²) in [5, 5.41) is 0. The minimum Gasteiger partial charge on any atom is -0.472 e. The van der Waals surface area contributed by atoms with Crippen molar-refractivity contribution in [2.75, 3.05) is 44.4 Å². The molecule has 0 unspecified atom stereocenters. The minimum absolute atomic E-state index is 0.307. The second-order valence-corrected chi connectivity index (χ2v) is 9.34. The Morgan fingerprint density at radius 1 is 0.857 bits per heavy atom. The van der Waals surface area contributed by atoms with Crippen LogP contribution in [0.15, 0.2) is 70.4 Å². The van der Waals surface area contributed by atoms with E-state index >= 15 is 0 Å². The number of furan rings is 1. The Hall–Kier alpha value is -2.57. The van der Waals surface area contributed by atoms with E-state index in [0.717, 1.165) is 48.4 Å². The molecule has 1 aliphatic heterocycles. The van der Waals surface area contributed by atoms with Crippen molar-refractivity contribution < 1.29 is 12.8 Å². The van der Waals surface area contributed by atoms with Crippen LogP contribution in [0.4, 0.5) is 5.69 Å². The van der Waals surface area contributed by atoms with Crippen molar-refractivity contribution in [2.24, 2.45) is 0 Å². The monoisotopic (exact) mass is 396 g/mol. The average molecular weight is 397 g/mol. The maximum atomic E-state index is 12.0. The van der Waals surface area contributed by atoms with Crippen LogP contribution in [0.5, 0.6) is 0 Å². The zero-order chi connectivity index (χ0) is 19.7. The average Bonchev–Trinajstić information content (AvgIpc) is 3.22. The Balaban J connectivity index is 1.70. The van der Waals surface area contributed by atoms with Crippen LogP contribution in [-0.4, -0.2) is 52.8 Å². The summed E-state index contributed by atoms with van der Waals surface area (Å²) in [6.07, 6.45) is 4.47. The van der Waals surface area contributed by atoms with E-state index in [-0.39, 0.29) is 0 Å². The van der Waals surface area contributed by atoms with Crippen molar-refractivity contribution in [3.8, 4) is 22.3 Å². The first-order valence-electron chi connectivity index (χ1n) is 9.32. The zero-order valence-electron chi connectivity index (χ0n) is 16.1. The van der Waals surface area contributed by atoms with Crippen molar-refractivity contribution in [1.82, 2.24) is 4.90 Å². The van der Waals surface area contributed by atoms with E-state index in [1.165, 1.54) is 11.9 Å². The maximum absolute atomic E-state index is 12.0. The number of sulfone groups is 1.